The van der Waals surface area contributed by atoms with Gasteiger partial charge in [-0.25, -0.2) is 9.97 Å². The van der Waals surface area contributed by atoms with Gasteiger partial charge in [0.15, 0.2) is 5.82 Å². The van der Waals surface area contributed by atoms with Crippen LogP contribution in [0.25, 0.3) is 78.4 Å². The van der Waals surface area contributed by atoms with E-state index in [1.165, 1.54) is 59.9 Å². The van der Waals surface area contributed by atoms with Crippen LogP contribution in [-0.4, -0.2) is 9.97 Å². The van der Waals surface area contributed by atoms with Crippen molar-refractivity contribution >= 4 is 11.8 Å². The summed E-state index contributed by atoms with van der Waals surface area (Å²) in [5.74, 6) is 0.688. The van der Waals surface area contributed by atoms with E-state index >= 15 is 0 Å². The van der Waals surface area contributed by atoms with Crippen molar-refractivity contribution in [1.82, 2.24) is 9.97 Å². The molecule has 0 bridgehead atoms. The van der Waals surface area contributed by atoms with Crippen molar-refractivity contribution in [3.05, 3.63) is 253 Å². The molecule has 1 aliphatic carbocycles. The molecule has 2 nitrogen and oxygen atoms in total. The molecule has 2 aliphatic rings. The van der Waals surface area contributed by atoms with Gasteiger partial charge in [0, 0.05) is 26.5 Å². The van der Waals surface area contributed by atoms with Crippen LogP contribution in [0.2, 0.25) is 0 Å². The zero-order chi connectivity index (χ0) is 41.0. The molecule has 290 valence electrons. The second kappa shape index (κ2) is 14.8. The van der Waals surface area contributed by atoms with Crippen LogP contribution in [0.5, 0.6) is 0 Å². The minimum atomic E-state index is -0.466. The molecule has 0 saturated heterocycles. The summed E-state index contributed by atoms with van der Waals surface area (Å²) in [5, 5.41) is 0. The molecule has 62 heavy (non-hydrogen) atoms. The molecule has 10 aromatic rings. The Morgan fingerprint density at radius 3 is 1.31 bits per heavy atom. The highest BCUT2D eigenvalue weighted by Crippen LogP contribution is 2.63. The van der Waals surface area contributed by atoms with E-state index in [2.05, 4.69) is 231 Å². The van der Waals surface area contributed by atoms with Crippen LogP contribution in [0.1, 0.15) is 22.3 Å². The fourth-order valence-electron chi connectivity index (χ4n) is 9.84. The Morgan fingerprint density at radius 1 is 0.290 bits per heavy atom. The van der Waals surface area contributed by atoms with Gasteiger partial charge in [-0.05, 0) is 91.0 Å². The van der Waals surface area contributed by atoms with E-state index in [1.807, 2.05) is 11.8 Å². The van der Waals surface area contributed by atoms with Crippen LogP contribution in [0.15, 0.2) is 240 Å². The summed E-state index contributed by atoms with van der Waals surface area (Å²) in [6, 6.07) is 83.3. The maximum Gasteiger partial charge on any atom is 0.161 e. The first kappa shape index (κ1) is 36.3. The van der Waals surface area contributed by atoms with E-state index in [4.69, 9.17) is 9.97 Å². The van der Waals surface area contributed by atoms with Crippen molar-refractivity contribution in [1.29, 1.82) is 0 Å². The summed E-state index contributed by atoms with van der Waals surface area (Å²) >= 11 is 1.88. The summed E-state index contributed by atoms with van der Waals surface area (Å²) in [4.78, 5) is 13.5. The predicted octanol–water partition coefficient (Wildman–Crippen LogP) is 15.3. The topological polar surface area (TPSA) is 25.8 Å². The van der Waals surface area contributed by atoms with E-state index in [1.54, 1.807) is 0 Å². The summed E-state index contributed by atoms with van der Waals surface area (Å²) < 4.78 is 0. The van der Waals surface area contributed by atoms with Crippen LogP contribution in [0, 0.1) is 0 Å². The number of nitrogens with zero attached hydrogens (tertiary/aromatic N) is 2. The Balaban J connectivity index is 1.08. The van der Waals surface area contributed by atoms with Crippen LogP contribution in [0.3, 0.4) is 0 Å². The molecule has 12 rings (SSSR count). The highest BCUT2D eigenvalue weighted by atomic mass is 32.2. The van der Waals surface area contributed by atoms with Gasteiger partial charge in [0.25, 0.3) is 0 Å². The minimum absolute atomic E-state index is 0.466. The lowest BCUT2D eigenvalue weighted by atomic mass is 9.67. The molecule has 0 amide bonds. The van der Waals surface area contributed by atoms with Gasteiger partial charge in [0.2, 0.25) is 0 Å². The van der Waals surface area contributed by atoms with Gasteiger partial charge in [0.05, 0.1) is 16.8 Å². The number of aromatic nitrogens is 2. The fraction of sp³-hybridized carbons (Fsp3) is 0.0169. The molecule has 2 heterocycles. The molecule has 0 fully saturated rings. The molecular formula is C59H38N2S. The zero-order valence-corrected chi connectivity index (χ0v) is 34.6. The smallest absolute Gasteiger partial charge is 0.161 e. The molecule has 9 aromatic carbocycles. The summed E-state index contributed by atoms with van der Waals surface area (Å²) in [6.07, 6.45) is 0. The Morgan fingerprint density at radius 2 is 0.710 bits per heavy atom. The molecule has 0 N–H and O–H groups in total. The Kier molecular flexibility index (Phi) is 8.69. The highest BCUT2D eigenvalue weighted by Gasteiger charge is 2.50. The lowest BCUT2D eigenvalue weighted by Gasteiger charge is -2.40. The second-order valence-electron chi connectivity index (χ2n) is 16.0. The van der Waals surface area contributed by atoms with Crippen molar-refractivity contribution in [3.63, 3.8) is 0 Å². The van der Waals surface area contributed by atoms with Gasteiger partial charge in [-0.2, -0.15) is 0 Å². The third-order valence-electron chi connectivity index (χ3n) is 12.6. The molecule has 0 saturated carbocycles. The average molecular weight is 807 g/mol. The zero-order valence-electron chi connectivity index (χ0n) is 33.7. The van der Waals surface area contributed by atoms with Gasteiger partial charge in [-0.15, -0.1) is 0 Å². The monoisotopic (exact) mass is 806 g/mol. The van der Waals surface area contributed by atoms with Crippen molar-refractivity contribution in [3.8, 4) is 78.4 Å². The molecule has 1 spiro atoms. The molecule has 0 atom stereocenters. The number of hydrogen-bond donors (Lipinski definition) is 0. The lowest BCUT2D eigenvalue weighted by Crippen LogP contribution is -2.32. The van der Waals surface area contributed by atoms with Crippen LogP contribution in [-0.2, 0) is 5.41 Å². The van der Waals surface area contributed by atoms with Crippen molar-refractivity contribution in [2.24, 2.45) is 0 Å². The highest BCUT2D eigenvalue weighted by molar-refractivity contribution is 7.99. The second-order valence-corrected chi connectivity index (χ2v) is 17.1. The maximum atomic E-state index is 5.46. The van der Waals surface area contributed by atoms with Gasteiger partial charge < -0.3 is 0 Å². The Hall–Kier alpha value is -7.59. The van der Waals surface area contributed by atoms with Gasteiger partial charge >= 0.3 is 0 Å². The molecule has 3 heteroatoms. The van der Waals surface area contributed by atoms with E-state index in [0.717, 1.165) is 44.8 Å². The van der Waals surface area contributed by atoms with Crippen molar-refractivity contribution in [2.45, 2.75) is 15.2 Å². The lowest BCUT2D eigenvalue weighted by molar-refractivity contribution is 0.723. The number of fused-ring (bicyclic) bond motifs is 9. The first-order chi connectivity index (χ1) is 30.7. The van der Waals surface area contributed by atoms with Gasteiger partial charge in [-0.1, -0.05) is 218 Å². The first-order valence-electron chi connectivity index (χ1n) is 21.1. The van der Waals surface area contributed by atoms with Crippen LogP contribution < -0.4 is 0 Å². The largest absolute Gasteiger partial charge is 0.228 e. The molecule has 0 radical (unpaired) electrons. The van der Waals surface area contributed by atoms with E-state index in [9.17, 15) is 0 Å². The third-order valence-corrected chi connectivity index (χ3v) is 13.8. The van der Waals surface area contributed by atoms with Crippen molar-refractivity contribution in [2.75, 3.05) is 0 Å². The fourth-order valence-corrected chi connectivity index (χ4v) is 11.2. The average Bonchev–Trinajstić information content (AvgIpc) is 3.65. The SMILES string of the molecule is c1ccc(-c2cccc(-c3cc(-c4cccc(-c5ccccc5)c4)nc(-c4ccccc4-c4cccc5c4Sc4ccccc4C54c5ccccc5-c5ccccc54)n3)c2)cc1. The molecular weight excluding hydrogens is 769 g/mol. The first-order valence-corrected chi connectivity index (χ1v) is 22.0. The summed E-state index contributed by atoms with van der Waals surface area (Å²) in [6.45, 7) is 0. The predicted molar refractivity (Wildman–Crippen MR) is 256 cm³/mol. The number of hydrogen-bond acceptors (Lipinski definition) is 3. The van der Waals surface area contributed by atoms with E-state index in [-0.39, 0.29) is 0 Å². The van der Waals surface area contributed by atoms with Gasteiger partial charge in [0.1, 0.15) is 0 Å². The maximum absolute atomic E-state index is 5.46. The standard InChI is InChI=1S/C59H38N2S/c1-3-18-39(19-4-1)41-22-15-24-43(36-41)54-38-55(44-25-16-23-42(37-44)40-20-5-2-6-21-40)61-58(60-54)49-29-8-7-26-45(49)48-30-17-34-53-57(48)62-56-35-14-13-33-52(56)59(53)50-31-11-9-27-46(50)47-28-10-12-32-51(47)59/h1-38H. The normalized spacial score (nSPS) is 12.9. The number of rotatable bonds is 6. The molecule has 1 aromatic heterocycles. The Labute approximate surface area is 366 Å². The number of benzene rings is 9. The summed E-state index contributed by atoms with van der Waals surface area (Å²) in [7, 11) is 0. The van der Waals surface area contributed by atoms with E-state index < -0.39 is 5.41 Å². The Bertz CT molecular complexity index is 3190. The quantitative estimate of drug-likeness (QED) is 0.167. The van der Waals surface area contributed by atoms with Gasteiger partial charge in [-0.3, -0.25) is 0 Å². The summed E-state index contributed by atoms with van der Waals surface area (Å²) in [5.41, 5.74) is 19.1. The van der Waals surface area contributed by atoms with Crippen molar-refractivity contribution < 1.29 is 0 Å². The third kappa shape index (κ3) is 5.81. The minimum Gasteiger partial charge on any atom is -0.228 e. The van der Waals surface area contributed by atoms with Crippen LogP contribution in [0.4, 0.5) is 0 Å². The van der Waals surface area contributed by atoms with E-state index in [0.29, 0.717) is 5.82 Å². The molecule has 1 aliphatic heterocycles. The van der Waals surface area contributed by atoms with Crippen LogP contribution >= 0.6 is 11.8 Å². The molecule has 0 unspecified atom stereocenters.